The average molecular weight is 586 g/mol. The van der Waals surface area contributed by atoms with Crippen LogP contribution in [0.2, 0.25) is 5.02 Å². The van der Waals surface area contributed by atoms with Crippen LogP contribution in [-0.2, 0) is 4.79 Å². The average Bonchev–Trinajstić information content (AvgIpc) is 3.65. The number of pyridine rings is 1. The molecule has 0 unspecified atom stereocenters. The number of fused-ring (bicyclic) bond motifs is 2. The van der Waals surface area contributed by atoms with Crippen LogP contribution in [0.3, 0.4) is 0 Å². The topological polar surface area (TPSA) is 111 Å². The number of hydrogen-bond donors (Lipinski definition) is 1. The number of likely N-dealkylation sites (N-methyl/N-ethyl adjacent to an activating group) is 1. The predicted octanol–water partition coefficient (Wildman–Crippen LogP) is 5.04. The number of nitriles is 1. The summed E-state index contributed by atoms with van der Waals surface area (Å²) in [6.07, 6.45) is 5.19. The third kappa shape index (κ3) is 5.10. The van der Waals surface area contributed by atoms with Gasteiger partial charge in [0.1, 0.15) is 29.5 Å². The molecule has 2 aromatic carbocycles. The molecule has 216 valence electrons. The first-order valence-electron chi connectivity index (χ1n) is 14.0. The number of ether oxygens (including phenoxy) is 2. The summed E-state index contributed by atoms with van der Waals surface area (Å²) in [5, 5.41) is 19.6. The third-order valence-electron chi connectivity index (χ3n) is 8.22. The Morgan fingerprint density at radius 1 is 1.24 bits per heavy atom. The maximum atomic E-state index is 12.3. The van der Waals surface area contributed by atoms with Gasteiger partial charge in [-0.1, -0.05) is 24.2 Å². The summed E-state index contributed by atoms with van der Waals surface area (Å²) in [7, 11) is 2.09. The Hall–Kier alpha value is -4.33. The Kier molecular flexibility index (Phi) is 7.62. The first-order chi connectivity index (χ1) is 20.4. The van der Waals surface area contributed by atoms with Gasteiger partial charge in [-0.05, 0) is 57.1 Å². The summed E-state index contributed by atoms with van der Waals surface area (Å²) < 4.78 is 12.9. The van der Waals surface area contributed by atoms with Gasteiger partial charge in [0, 0.05) is 48.7 Å². The second-order valence-electron chi connectivity index (χ2n) is 10.8. The van der Waals surface area contributed by atoms with Crippen molar-refractivity contribution in [2.24, 2.45) is 0 Å². The summed E-state index contributed by atoms with van der Waals surface area (Å²) in [6.45, 7) is 9.05. The van der Waals surface area contributed by atoms with Gasteiger partial charge in [0.2, 0.25) is 11.8 Å². The molecule has 1 atom stereocenters. The Balaban J connectivity index is 1.49. The van der Waals surface area contributed by atoms with E-state index in [0.717, 1.165) is 35.9 Å². The Morgan fingerprint density at radius 2 is 2.05 bits per heavy atom. The quantitative estimate of drug-likeness (QED) is 0.300. The zero-order valence-corrected chi connectivity index (χ0v) is 24.4. The molecule has 11 heteroatoms. The molecule has 0 saturated carbocycles. The molecule has 0 spiro atoms. The molecule has 6 rings (SSSR count). The molecule has 4 heterocycles. The maximum Gasteiger partial charge on any atom is 0.246 e. The van der Waals surface area contributed by atoms with E-state index in [2.05, 4.69) is 39.7 Å². The lowest BCUT2D eigenvalue weighted by Gasteiger charge is -2.36. The van der Waals surface area contributed by atoms with Gasteiger partial charge in [-0.3, -0.25) is 9.89 Å². The van der Waals surface area contributed by atoms with Gasteiger partial charge >= 0.3 is 0 Å². The molecule has 0 radical (unpaired) electrons. The number of aromatic nitrogens is 3. The summed E-state index contributed by atoms with van der Waals surface area (Å²) in [6, 6.07) is 10.1. The van der Waals surface area contributed by atoms with Crippen molar-refractivity contribution in [2.45, 2.75) is 25.8 Å². The fraction of sp³-hybridized carbons (Fsp3) is 0.355. The standard InChI is InChI=1S/C31H32ClN7O3/c1-4-27(40)38-10-12-39(13-11-38)29-22-14-20(32)15-26(42-30-19(2)7-8-25-24(30)17-34-36-25)28(22)35-31(23(29)16-33)41-18-21-6-5-9-37(21)3/h4,7-8,14-15,17,21H,1,5-6,9-13,18H2,2-3H3,(H,34,36)/t21-/m0/s1. The highest BCUT2D eigenvalue weighted by Crippen LogP contribution is 2.43. The van der Waals surface area contributed by atoms with Gasteiger partial charge in [0.25, 0.3) is 0 Å². The van der Waals surface area contributed by atoms with Gasteiger partial charge in [-0.25, -0.2) is 4.98 Å². The van der Waals surface area contributed by atoms with Gasteiger partial charge < -0.3 is 24.2 Å². The number of anilines is 1. The fourth-order valence-corrected chi connectivity index (χ4v) is 6.07. The van der Waals surface area contributed by atoms with Crippen molar-refractivity contribution in [2.75, 3.05) is 51.3 Å². The lowest BCUT2D eigenvalue weighted by Crippen LogP contribution is -2.48. The Labute approximate surface area is 249 Å². The van der Waals surface area contributed by atoms with E-state index in [1.807, 2.05) is 25.1 Å². The van der Waals surface area contributed by atoms with Crippen LogP contribution in [-0.4, -0.2) is 83.3 Å². The van der Waals surface area contributed by atoms with Crippen LogP contribution in [0.15, 0.2) is 43.1 Å². The van der Waals surface area contributed by atoms with E-state index in [4.69, 9.17) is 26.1 Å². The van der Waals surface area contributed by atoms with Crippen LogP contribution in [0.1, 0.15) is 24.0 Å². The van der Waals surface area contributed by atoms with E-state index >= 15 is 0 Å². The summed E-state index contributed by atoms with van der Waals surface area (Å²) in [5.41, 5.74) is 3.32. The van der Waals surface area contributed by atoms with E-state index in [0.29, 0.717) is 71.5 Å². The molecule has 2 aromatic heterocycles. The van der Waals surface area contributed by atoms with E-state index in [-0.39, 0.29) is 17.8 Å². The number of aromatic amines is 1. The molecular weight excluding hydrogens is 554 g/mol. The first kappa shape index (κ1) is 27.8. The van der Waals surface area contributed by atoms with Gasteiger partial charge in [0.15, 0.2) is 5.75 Å². The molecule has 1 N–H and O–H groups in total. The Bertz CT molecular complexity index is 1720. The van der Waals surface area contributed by atoms with Crippen molar-refractivity contribution in [3.63, 3.8) is 0 Å². The smallest absolute Gasteiger partial charge is 0.246 e. The number of nitrogens with zero attached hydrogens (tertiary/aromatic N) is 6. The Morgan fingerprint density at radius 3 is 2.76 bits per heavy atom. The number of likely N-dealkylation sites (tertiary alicyclic amines) is 1. The van der Waals surface area contributed by atoms with Gasteiger partial charge in [0.05, 0.1) is 22.8 Å². The van der Waals surface area contributed by atoms with Crippen LogP contribution in [0.5, 0.6) is 17.4 Å². The number of amides is 1. The molecular formula is C31H32ClN7O3. The van der Waals surface area contributed by atoms with Crippen LogP contribution >= 0.6 is 11.6 Å². The van der Waals surface area contributed by atoms with Crippen molar-refractivity contribution in [3.05, 3.63) is 59.3 Å². The predicted molar refractivity (Wildman–Crippen MR) is 163 cm³/mol. The number of carbonyl (C=O) groups excluding carboxylic acids is 1. The van der Waals surface area contributed by atoms with Crippen LogP contribution in [0.4, 0.5) is 5.69 Å². The summed E-state index contributed by atoms with van der Waals surface area (Å²) in [4.78, 5) is 23.3. The van der Waals surface area contributed by atoms with Crippen molar-refractivity contribution in [1.82, 2.24) is 25.0 Å². The third-order valence-corrected chi connectivity index (χ3v) is 8.44. The SMILES string of the molecule is C=CC(=O)N1CCN(c2c(C#N)c(OC[C@@H]3CCCN3C)nc3c(Oc4c(C)ccc5[nH]ncc45)cc(Cl)cc23)CC1. The molecule has 42 heavy (non-hydrogen) atoms. The fourth-order valence-electron chi connectivity index (χ4n) is 5.87. The van der Waals surface area contributed by atoms with E-state index in [1.54, 1.807) is 17.2 Å². The zero-order valence-electron chi connectivity index (χ0n) is 23.7. The van der Waals surface area contributed by atoms with Crippen molar-refractivity contribution < 1.29 is 14.3 Å². The minimum absolute atomic E-state index is 0.109. The highest BCUT2D eigenvalue weighted by molar-refractivity contribution is 6.32. The van der Waals surface area contributed by atoms with E-state index in [9.17, 15) is 10.1 Å². The maximum absolute atomic E-state index is 12.3. The van der Waals surface area contributed by atoms with E-state index < -0.39 is 0 Å². The lowest BCUT2D eigenvalue weighted by molar-refractivity contribution is -0.126. The van der Waals surface area contributed by atoms with E-state index in [1.165, 1.54) is 6.08 Å². The lowest BCUT2D eigenvalue weighted by atomic mass is 10.1. The largest absolute Gasteiger partial charge is 0.475 e. The molecule has 0 bridgehead atoms. The van der Waals surface area contributed by atoms with Crippen molar-refractivity contribution in [1.29, 1.82) is 5.26 Å². The number of aryl methyl sites for hydroxylation is 1. The molecule has 2 aliphatic heterocycles. The number of piperazine rings is 1. The number of benzene rings is 2. The number of rotatable bonds is 7. The second kappa shape index (κ2) is 11.5. The molecule has 2 saturated heterocycles. The number of halogens is 1. The highest BCUT2D eigenvalue weighted by atomic mass is 35.5. The summed E-state index contributed by atoms with van der Waals surface area (Å²) >= 11 is 6.69. The normalized spacial score (nSPS) is 17.5. The molecule has 2 aliphatic rings. The number of carbonyl (C=O) groups is 1. The number of nitrogens with one attached hydrogen (secondary N) is 1. The second-order valence-corrected chi connectivity index (χ2v) is 11.2. The highest BCUT2D eigenvalue weighted by Gasteiger charge is 2.29. The van der Waals surface area contributed by atoms with Gasteiger partial charge in [-0.15, -0.1) is 0 Å². The summed E-state index contributed by atoms with van der Waals surface area (Å²) in [5.74, 6) is 1.24. The van der Waals surface area contributed by atoms with Gasteiger partial charge in [-0.2, -0.15) is 10.4 Å². The number of hydrogen-bond acceptors (Lipinski definition) is 8. The van der Waals surface area contributed by atoms with Crippen LogP contribution in [0.25, 0.3) is 21.8 Å². The monoisotopic (exact) mass is 585 g/mol. The van der Waals surface area contributed by atoms with Crippen molar-refractivity contribution in [3.8, 4) is 23.4 Å². The number of H-pyrrole nitrogens is 1. The zero-order chi connectivity index (χ0) is 29.4. The van der Waals surface area contributed by atoms with Crippen LogP contribution in [0, 0.1) is 18.3 Å². The van der Waals surface area contributed by atoms with Crippen molar-refractivity contribution >= 4 is 45.0 Å². The molecule has 2 fully saturated rings. The minimum atomic E-state index is -0.109. The van der Waals surface area contributed by atoms with Crippen LogP contribution < -0.4 is 14.4 Å². The molecule has 4 aromatic rings. The first-order valence-corrected chi connectivity index (χ1v) is 14.4. The molecule has 10 nitrogen and oxygen atoms in total. The molecule has 1 amide bonds. The minimum Gasteiger partial charge on any atom is -0.475 e. The molecule has 0 aliphatic carbocycles.